The lowest BCUT2D eigenvalue weighted by molar-refractivity contribution is -0.277. The summed E-state index contributed by atoms with van der Waals surface area (Å²) >= 11 is 0. The highest BCUT2D eigenvalue weighted by molar-refractivity contribution is 5.94. The van der Waals surface area contributed by atoms with Crippen molar-refractivity contribution >= 4 is 22.9 Å². The van der Waals surface area contributed by atoms with Crippen LogP contribution in [0.3, 0.4) is 0 Å². The summed E-state index contributed by atoms with van der Waals surface area (Å²) in [5.41, 5.74) is -0.229. The number of rotatable bonds is 8. The Morgan fingerprint density at radius 2 is 1.68 bits per heavy atom. The molecular weight excluding hydrogens is 508 g/mol. The molecule has 0 saturated carbocycles. The fourth-order valence-electron chi connectivity index (χ4n) is 3.86. The minimum absolute atomic E-state index is 0.122. The number of ether oxygens (including phenoxy) is 4. The predicted molar refractivity (Wildman–Crippen MR) is 127 cm³/mol. The molecule has 38 heavy (non-hydrogen) atoms. The van der Waals surface area contributed by atoms with Gasteiger partial charge in [-0.15, -0.1) is 0 Å². The van der Waals surface area contributed by atoms with E-state index in [2.05, 4.69) is 0 Å². The Hall–Kier alpha value is -4.01. The van der Waals surface area contributed by atoms with Crippen LogP contribution in [0.4, 0.5) is 0 Å². The zero-order valence-corrected chi connectivity index (χ0v) is 19.8. The normalized spacial score (nSPS) is 23.1. The van der Waals surface area contributed by atoms with Crippen molar-refractivity contribution in [1.29, 1.82) is 0 Å². The number of carbonyl (C=O) groups is 2. The molecule has 2 heterocycles. The molecule has 3 aromatic rings. The molecule has 0 amide bonds. The van der Waals surface area contributed by atoms with Crippen molar-refractivity contribution in [3.63, 3.8) is 0 Å². The first-order valence-corrected chi connectivity index (χ1v) is 11.3. The second-order valence-electron chi connectivity index (χ2n) is 8.36. The van der Waals surface area contributed by atoms with E-state index in [1.807, 2.05) is 0 Å². The molecule has 2 aromatic carbocycles. The Kier molecular flexibility index (Phi) is 7.94. The number of hydrogen-bond donors (Lipinski definition) is 5. The zero-order chi connectivity index (χ0) is 27.6. The molecule has 0 aliphatic carbocycles. The summed E-state index contributed by atoms with van der Waals surface area (Å²) in [7, 11) is 1.50. The highest BCUT2D eigenvalue weighted by Gasteiger charge is 2.44. The summed E-state index contributed by atoms with van der Waals surface area (Å²) in [5, 5.41) is 48.5. The number of aliphatic carboxylic acids is 1. The molecule has 13 heteroatoms. The molecule has 0 spiro atoms. The number of aliphatic hydroxyl groups excluding tert-OH is 4. The van der Waals surface area contributed by atoms with Gasteiger partial charge in [0.25, 0.3) is 0 Å². The van der Waals surface area contributed by atoms with Gasteiger partial charge in [-0.25, -0.2) is 0 Å². The van der Waals surface area contributed by atoms with E-state index in [9.17, 15) is 34.8 Å². The minimum atomic E-state index is -1.75. The van der Waals surface area contributed by atoms with Crippen molar-refractivity contribution in [2.75, 3.05) is 13.7 Å². The van der Waals surface area contributed by atoms with Crippen molar-refractivity contribution in [2.24, 2.45) is 0 Å². The van der Waals surface area contributed by atoms with Crippen LogP contribution in [-0.2, 0) is 14.3 Å². The van der Waals surface area contributed by atoms with Crippen LogP contribution in [0.15, 0.2) is 51.7 Å². The number of carbonyl (C=O) groups excluding carboxylic acids is 1. The third-order valence-corrected chi connectivity index (χ3v) is 5.76. The molecule has 0 bridgehead atoms. The first-order valence-electron chi connectivity index (χ1n) is 11.3. The number of aliphatic hydroxyl groups is 4. The fourth-order valence-corrected chi connectivity index (χ4v) is 3.86. The molecule has 13 nitrogen and oxygen atoms in total. The molecule has 5 N–H and O–H groups in total. The van der Waals surface area contributed by atoms with E-state index in [0.29, 0.717) is 11.3 Å². The van der Waals surface area contributed by atoms with E-state index >= 15 is 0 Å². The van der Waals surface area contributed by atoms with E-state index in [1.54, 1.807) is 24.3 Å². The maximum Gasteiger partial charge on any atom is 0.322 e. The average molecular weight is 532 g/mol. The molecular formula is C25H24O13. The molecule has 5 atom stereocenters. The van der Waals surface area contributed by atoms with Gasteiger partial charge in [0.05, 0.1) is 13.7 Å². The Morgan fingerprint density at radius 1 is 0.974 bits per heavy atom. The predicted octanol–water partition coefficient (Wildman–Crippen LogP) is 0.0274. The van der Waals surface area contributed by atoms with Gasteiger partial charge in [0, 0.05) is 23.8 Å². The Morgan fingerprint density at radius 3 is 2.32 bits per heavy atom. The average Bonchev–Trinajstić information content (AvgIpc) is 2.88. The van der Waals surface area contributed by atoms with Gasteiger partial charge in [0.2, 0.25) is 6.29 Å². The quantitative estimate of drug-likeness (QED) is 0.148. The Bertz CT molecular complexity index is 1380. The molecule has 1 aliphatic heterocycles. The van der Waals surface area contributed by atoms with Gasteiger partial charge in [0.1, 0.15) is 64.8 Å². The van der Waals surface area contributed by atoms with Crippen molar-refractivity contribution in [2.45, 2.75) is 37.1 Å². The van der Waals surface area contributed by atoms with Crippen molar-refractivity contribution in [3.05, 3.63) is 52.7 Å². The molecule has 1 aliphatic rings. The second-order valence-corrected chi connectivity index (χ2v) is 8.36. The number of benzene rings is 2. The summed E-state index contributed by atoms with van der Waals surface area (Å²) in [6.45, 7) is -0.694. The highest BCUT2D eigenvalue weighted by atomic mass is 16.7. The van der Waals surface area contributed by atoms with Crippen LogP contribution in [-0.4, -0.2) is 81.9 Å². The standard InChI is InChI=1S/C25H24O13/c1-34-12-4-2-11(3-5-12)15-8-14(27)21-16(36-15)6-13(7-17(21)37-20(30)9-19(28)29)35-25-24(33)23(32)22(31)18(10-26)38-25/h2-8,18,22-26,31-33H,9-10H2,1H3,(H,28,29). The van der Waals surface area contributed by atoms with Crippen molar-refractivity contribution in [1.82, 2.24) is 0 Å². The maximum absolute atomic E-state index is 13.0. The largest absolute Gasteiger partial charge is 0.497 e. The van der Waals surface area contributed by atoms with Crippen molar-refractivity contribution in [3.8, 4) is 28.6 Å². The zero-order valence-electron chi connectivity index (χ0n) is 19.8. The Labute approximate surface area is 214 Å². The molecule has 1 fully saturated rings. The lowest BCUT2D eigenvalue weighted by Gasteiger charge is -2.39. The number of fused-ring (bicyclic) bond motifs is 1. The van der Waals surface area contributed by atoms with Gasteiger partial charge in [-0.3, -0.25) is 14.4 Å². The molecule has 202 valence electrons. The van der Waals surface area contributed by atoms with Gasteiger partial charge in [-0.1, -0.05) is 0 Å². The van der Waals surface area contributed by atoms with Gasteiger partial charge in [-0.05, 0) is 24.3 Å². The van der Waals surface area contributed by atoms with Gasteiger partial charge in [-0.2, -0.15) is 0 Å². The second kappa shape index (κ2) is 11.2. The lowest BCUT2D eigenvalue weighted by Crippen LogP contribution is -2.60. The number of carboxylic acids is 1. The minimum Gasteiger partial charge on any atom is -0.497 e. The Balaban J connectivity index is 1.78. The smallest absolute Gasteiger partial charge is 0.322 e. The van der Waals surface area contributed by atoms with E-state index in [1.165, 1.54) is 13.2 Å². The van der Waals surface area contributed by atoms with Crippen LogP contribution in [0, 0.1) is 0 Å². The number of hydrogen-bond acceptors (Lipinski definition) is 12. The van der Waals surface area contributed by atoms with Gasteiger partial charge in [0.15, 0.2) is 5.43 Å². The van der Waals surface area contributed by atoms with Crippen LogP contribution in [0.5, 0.6) is 17.2 Å². The third kappa shape index (κ3) is 5.61. The first-order chi connectivity index (χ1) is 18.1. The molecule has 0 radical (unpaired) electrons. The number of carboxylic acid groups (broad SMARTS) is 1. The van der Waals surface area contributed by atoms with Crippen LogP contribution < -0.4 is 19.6 Å². The van der Waals surface area contributed by atoms with E-state index < -0.39 is 61.1 Å². The lowest BCUT2D eigenvalue weighted by atomic mass is 9.99. The molecule has 4 rings (SSSR count). The molecule has 1 aromatic heterocycles. The summed E-state index contributed by atoms with van der Waals surface area (Å²) in [6.07, 6.45) is -8.94. The third-order valence-electron chi connectivity index (χ3n) is 5.76. The van der Waals surface area contributed by atoms with Gasteiger partial charge >= 0.3 is 11.9 Å². The van der Waals surface area contributed by atoms with Crippen LogP contribution in [0.2, 0.25) is 0 Å². The van der Waals surface area contributed by atoms with Crippen LogP contribution >= 0.6 is 0 Å². The van der Waals surface area contributed by atoms with Gasteiger partial charge < -0.3 is 48.9 Å². The fraction of sp³-hybridized carbons (Fsp3) is 0.320. The topological polar surface area (TPSA) is 202 Å². The first kappa shape index (κ1) is 27.0. The summed E-state index contributed by atoms with van der Waals surface area (Å²) < 4.78 is 27.1. The number of methoxy groups -OCH3 is 1. The number of esters is 1. The van der Waals surface area contributed by atoms with E-state index in [-0.39, 0.29) is 28.2 Å². The van der Waals surface area contributed by atoms with E-state index in [4.69, 9.17) is 28.5 Å². The van der Waals surface area contributed by atoms with Crippen molar-refractivity contribution < 1.29 is 58.5 Å². The van der Waals surface area contributed by atoms with E-state index in [0.717, 1.165) is 12.1 Å². The molecule has 5 unspecified atom stereocenters. The SMILES string of the molecule is COc1ccc(-c2cc(=O)c3c(OC(=O)CC(=O)O)cc(OC4OC(CO)C(O)C(O)C4O)cc3o2)cc1. The monoisotopic (exact) mass is 532 g/mol. The maximum atomic E-state index is 13.0. The van der Waals surface area contributed by atoms with Crippen LogP contribution in [0.25, 0.3) is 22.3 Å². The molecule has 1 saturated heterocycles. The summed E-state index contributed by atoms with van der Waals surface area (Å²) in [6, 6.07) is 10.1. The summed E-state index contributed by atoms with van der Waals surface area (Å²) in [5.74, 6) is -2.49. The summed E-state index contributed by atoms with van der Waals surface area (Å²) in [4.78, 5) is 36.1. The highest BCUT2D eigenvalue weighted by Crippen LogP contribution is 2.34. The van der Waals surface area contributed by atoms with Crippen LogP contribution in [0.1, 0.15) is 6.42 Å².